The average Bonchev–Trinajstić information content (AvgIpc) is 2.82. The number of carbonyl (C=O) groups is 3. The molecule has 10 nitrogen and oxygen atoms in total. The van der Waals surface area contributed by atoms with E-state index in [0.717, 1.165) is 5.69 Å². The second-order valence-electron chi connectivity index (χ2n) is 9.00. The lowest BCUT2D eigenvalue weighted by Crippen LogP contribution is -2.50. The van der Waals surface area contributed by atoms with E-state index in [4.69, 9.17) is 19.3 Å². The first-order valence-electron chi connectivity index (χ1n) is 11.2. The topological polar surface area (TPSA) is 118 Å². The van der Waals surface area contributed by atoms with Crippen molar-refractivity contribution in [3.63, 3.8) is 0 Å². The van der Waals surface area contributed by atoms with Crippen molar-refractivity contribution >= 4 is 29.3 Å². The van der Waals surface area contributed by atoms with E-state index in [-0.39, 0.29) is 12.0 Å². The van der Waals surface area contributed by atoms with Crippen LogP contribution in [0.4, 0.5) is 16.2 Å². The molecule has 1 heterocycles. The summed E-state index contributed by atoms with van der Waals surface area (Å²) in [5.41, 5.74) is 1.34. The maximum atomic E-state index is 12.8. The number of carboxylic acid groups (broad SMARTS) is 1. The number of rotatable bonds is 7. The van der Waals surface area contributed by atoms with Crippen molar-refractivity contribution in [2.24, 2.45) is 0 Å². The average molecular weight is 486 g/mol. The zero-order valence-electron chi connectivity index (χ0n) is 20.4. The number of ether oxygens (including phenoxy) is 3. The summed E-state index contributed by atoms with van der Waals surface area (Å²) in [7, 11) is 1.45. The highest BCUT2D eigenvalue weighted by Crippen LogP contribution is 2.30. The molecule has 0 aromatic heterocycles. The minimum absolute atomic E-state index is 0.305. The van der Waals surface area contributed by atoms with Crippen molar-refractivity contribution in [1.29, 1.82) is 0 Å². The minimum Gasteiger partial charge on any atom is -0.494 e. The number of hydrogen-bond acceptors (Lipinski definition) is 7. The first-order chi connectivity index (χ1) is 16.6. The zero-order chi connectivity index (χ0) is 25.6. The van der Waals surface area contributed by atoms with Crippen LogP contribution in [0, 0.1) is 0 Å². The number of methoxy groups -OCH3 is 1. The normalized spacial score (nSPS) is 13.7. The van der Waals surface area contributed by atoms with E-state index >= 15 is 0 Å². The maximum absolute atomic E-state index is 12.8. The molecule has 1 saturated heterocycles. The summed E-state index contributed by atoms with van der Waals surface area (Å²) in [4.78, 5) is 39.5. The SMILES string of the molecule is COc1cc(OCC(=O)O)ccc1NC(=O)c1ccc(N2CCN(C(=O)OC(C)(C)C)CC2)cc1. The Morgan fingerprint density at radius 1 is 1.00 bits per heavy atom. The third-order valence-corrected chi connectivity index (χ3v) is 5.21. The van der Waals surface area contributed by atoms with Gasteiger partial charge in [0, 0.05) is 43.5 Å². The van der Waals surface area contributed by atoms with Crippen LogP contribution in [-0.2, 0) is 9.53 Å². The van der Waals surface area contributed by atoms with Crippen LogP contribution in [0.15, 0.2) is 42.5 Å². The second kappa shape index (κ2) is 11.0. The molecule has 1 fully saturated rings. The number of amides is 2. The first kappa shape index (κ1) is 25.7. The fraction of sp³-hybridized carbons (Fsp3) is 0.400. The largest absolute Gasteiger partial charge is 0.494 e. The summed E-state index contributed by atoms with van der Waals surface area (Å²) in [5.74, 6) is -0.738. The summed E-state index contributed by atoms with van der Waals surface area (Å²) in [6, 6.07) is 11.9. The van der Waals surface area contributed by atoms with Gasteiger partial charge >= 0.3 is 12.1 Å². The molecule has 2 N–H and O–H groups in total. The lowest BCUT2D eigenvalue weighted by molar-refractivity contribution is -0.139. The van der Waals surface area contributed by atoms with Crippen LogP contribution in [0.1, 0.15) is 31.1 Å². The monoisotopic (exact) mass is 485 g/mol. The van der Waals surface area contributed by atoms with Crippen LogP contribution in [0.25, 0.3) is 0 Å². The smallest absolute Gasteiger partial charge is 0.410 e. The third-order valence-electron chi connectivity index (χ3n) is 5.21. The molecule has 1 aliphatic heterocycles. The number of aliphatic carboxylic acids is 1. The summed E-state index contributed by atoms with van der Waals surface area (Å²) in [6.07, 6.45) is -0.305. The first-order valence-corrected chi connectivity index (χ1v) is 11.2. The predicted molar refractivity (Wildman–Crippen MR) is 131 cm³/mol. The molecule has 0 saturated carbocycles. The van der Waals surface area contributed by atoms with Gasteiger partial charge in [-0.05, 0) is 57.2 Å². The Hall–Kier alpha value is -3.95. The lowest BCUT2D eigenvalue weighted by Gasteiger charge is -2.36. The summed E-state index contributed by atoms with van der Waals surface area (Å²) in [6.45, 7) is 7.52. The van der Waals surface area contributed by atoms with Crippen molar-refractivity contribution < 1.29 is 33.7 Å². The minimum atomic E-state index is -1.09. The summed E-state index contributed by atoms with van der Waals surface area (Å²) in [5, 5.41) is 11.5. The fourth-order valence-corrected chi connectivity index (χ4v) is 3.50. The number of nitrogens with zero attached hydrogens (tertiary/aromatic N) is 2. The molecule has 0 radical (unpaired) electrons. The molecule has 2 amide bonds. The molecule has 0 aliphatic carbocycles. The maximum Gasteiger partial charge on any atom is 0.410 e. The van der Waals surface area contributed by atoms with E-state index < -0.39 is 18.2 Å². The molecule has 188 valence electrons. The molecule has 0 atom stereocenters. The molecular formula is C25H31N3O7. The highest BCUT2D eigenvalue weighted by atomic mass is 16.6. The van der Waals surface area contributed by atoms with Gasteiger partial charge in [-0.15, -0.1) is 0 Å². The summed E-state index contributed by atoms with van der Waals surface area (Å²) >= 11 is 0. The molecule has 3 rings (SSSR count). The van der Waals surface area contributed by atoms with Gasteiger partial charge in [0.1, 0.15) is 17.1 Å². The predicted octanol–water partition coefficient (Wildman–Crippen LogP) is 3.47. The van der Waals surface area contributed by atoms with Gasteiger partial charge in [0.2, 0.25) is 0 Å². The highest BCUT2D eigenvalue weighted by molar-refractivity contribution is 6.05. The van der Waals surface area contributed by atoms with Crippen molar-refractivity contribution in [1.82, 2.24) is 4.90 Å². The Kier molecular flexibility index (Phi) is 8.06. The Morgan fingerprint density at radius 2 is 1.66 bits per heavy atom. The third kappa shape index (κ3) is 7.26. The van der Waals surface area contributed by atoms with E-state index in [2.05, 4.69) is 10.2 Å². The van der Waals surface area contributed by atoms with E-state index in [0.29, 0.717) is 48.9 Å². The van der Waals surface area contributed by atoms with Crippen LogP contribution in [0.5, 0.6) is 11.5 Å². The zero-order valence-corrected chi connectivity index (χ0v) is 20.4. The van der Waals surface area contributed by atoms with Crippen molar-refractivity contribution in [2.45, 2.75) is 26.4 Å². The van der Waals surface area contributed by atoms with Gasteiger partial charge in [0.05, 0.1) is 12.8 Å². The molecular weight excluding hydrogens is 454 g/mol. The van der Waals surface area contributed by atoms with Crippen LogP contribution in [-0.4, -0.2) is 73.5 Å². The number of carbonyl (C=O) groups excluding carboxylic acids is 2. The van der Waals surface area contributed by atoms with Crippen LogP contribution < -0.4 is 19.7 Å². The molecule has 0 unspecified atom stereocenters. The van der Waals surface area contributed by atoms with Crippen molar-refractivity contribution in [2.75, 3.05) is 50.1 Å². The Morgan fingerprint density at radius 3 is 2.23 bits per heavy atom. The number of anilines is 2. The number of benzene rings is 2. The van der Waals surface area contributed by atoms with Gasteiger partial charge < -0.3 is 34.4 Å². The van der Waals surface area contributed by atoms with Gasteiger partial charge in [-0.3, -0.25) is 4.79 Å². The standard InChI is InChI=1S/C25H31N3O7/c1-25(2,3)35-24(32)28-13-11-27(12-14-28)18-7-5-17(6-8-18)23(31)26-20-10-9-19(15-21(20)33-4)34-16-22(29)30/h5-10,15H,11-14,16H2,1-4H3,(H,26,31)(H,29,30). The van der Waals surface area contributed by atoms with E-state index in [9.17, 15) is 14.4 Å². The number of hydrogen-bond donors (Lipinski definition) is 2. The van der Waals surface area contributed by atoms with Crippen LogP contribution >= 0.6 is 0 Å². The van der Waals surface area contributed by atoms with Crippen molar-refractivity contribution in [3.05, 3.63) is 48.0 Å². The molecule has 10 heteroatoms. The molecule has 0 bridgehead atoms. The summed E-state index contributed by atoms with van der Waals surface area (Å²) < 4.78 is 15.9. The van der Waals surface area contributed by atoms with Crippen LogP contribution in [0.3, 0.4) is 0 Å². The number of carboxylic acids is 1. The van der Waals surface area contributed by atoms with Gasteiger partial charge in [0.25, 0.3) is 5.91 Å². The number of nitrogens with one attached hydrogen (secondary N) is 1. The highest BCUT2D eigenvalue weighted by Gasteiger charge is 2.26. The van der Waals surface area contributed by atoms with E-state index in [1.54, 1.807) is 29.2 Å². The Balaban J connectivity index is 1.58. The molecule has 0 spiro atoms. The Labute approximate surface area is 204 Å². The van der Waals surface area contributed by atoms with Crippen molar-refractivity contribution in [3.8, 4) is 11.5 Å². The van der Waals surface area contributed by atoms with E-state index in [1.807, 2.05) is 32.9 Å². The van der Waals surface area contributed by atoms with Crippen LogP contribution in [0.2, 0.25) is 0 Å². The second-order valence-corrected chi connectivity index (χ2v) is 9.00. The molecule has 35 heavy (non-hydrogen) atoms. The lowest BCUT2D eigenvalue weighted by atomic mass is 10.1. The molecule has 2 aromatic carbocycles. The molecule has 1 aliphatic rings. The fourth-order valence-electron chi connectivity index (χ4n) is 3.50. The molecule has 2 aromatic rings. The van der Waals surface area contributed by atoms with Gasteiger partial charge in [0.15, 0.2) is 6.61 Å². The quantitative estimate of drug-likeness (QED) is 0.612. The van der Waals surface area contributed by atoms with E-state index in [1.165, 1.54) is 13.2 Å². The van der Waals surface area contributed by atoms with Gasteiger partial charge in [-0.25, -0.2) is 9.59 Å². The van der Waals surface area contributed by atoms with Gasteiger partial charge in [-0.2, -0.15) is 0 Å². The van der Waals surface area contributed by atoms with Gasteiger partial charge in [-0.1, -0.05) is 0 Å². The number of piperazine rings is 1. The Bertz CT molecular complexity index is 1060.